The van der Waals surface area contributed by atoms with E-state index >= 15 is 0 Å². The van der Waals surface area contributed by atoms with Gasteiger partial charge in [0.05, 0.1) is 9.92 Å². The first-order chi connectivity index (χ1) is 14.2. The van der Waals surface area contributed by atoms with Crippen LogP contribution < -0.4 is 14.8 Å². The Kier molecular flexibility index (Phi) is 5.61. The van der Waals surface area contributed by atoms with E-state index in [9.17, 15) is 13.2 Å². The van der Waals surface area contributed by atoms with E-state index in [0.29, 0.717) is 29.4 Å². The molecule has 1 unspecified atom stereocenters. The molecule has 8 heteroatoms. The molecule has 6 nitrogen and oxygen atoms in total. The van der Waals surface area contributed by atoms with Crippen molar-refractivity contribution in [3.05, 3.63) is 64.7 Å². The van der Waals surface area contributed by atoms with Gasteiger partial charge in [-0.1, -0.05) is 23.7 Å². The minimum Gasteiger partial charge on any atom is -0.485 e. The lowest BCUT2D eigenvalue weighted by atomic mass is 9.98. The van der Waals surface area contributed by atoms with Crippen LogP contribution in [0.3, 0.4) is 0 Å². The summed E-state index contributed by atoms with van der Waals surface area (Å²) in [6.07, 6.45) is 4.52. The van der Waals surface area contributed by atoms with Crippen LogP contribution in [0.4, 0.5) is 5.69 Å². The number of hydrogen-bond donors (Lipinski definition) is 1. The normalized spacial score (nSPS) is 21.8. The van der Waals surface area contributed by atoms with E-state index in [-0.39, 0.29) is 22.8 Å². The van der Waals surface area contributed by atoms with Crippen molar-refractivity contribution >= 4 is 33.2 Å². The molecular formula is C22H23ClN2O4S. The fraction of sp³-hybridized carbons (Fsp3) is 0.318. The molecule has 1 heterocycles. The summed E-state index contributed by atoms with van der Waals surface area (Å²) in [5.74, 6) is 0.614. The number of benzene rings is 2. The highest BCUT2D eigenvalue weighted by Crippen LogP contribution is 2.37. The zero-order valence-corrected chi connectivity index (χ0v) is 18.1. The standard InChI is InChI=1S/C22H23ClN2O4S/c1-14-3-2-4-20(14)29-21-11-15(5-10-19(21)23)16-12-22(26)25(13-16)17-6-8-18(9-7-17)30(24,27)28/h3,5-11,16,20H,2,4,12-13H2,1H3,(H2,24,27,28)/t16-,20?/m0/s1. The second-order valence-electron chi connectivity index (χ2n) is 7.77. The molecule has 30 heavy (non-hydrogen) atoms. The van der Waals surface area contributed by atoms with Gasteiger partial charge in [-0.15, -0.1) is 0 Å². The van der Waals surface area contributed by atoms with Crippen molar-refractivity contribution in [2.24, 2.45) is 5.14 Å². The summed E-state index contributed by atoms with van der Waals surface area (Å²) in [6, 6.07) is 11.7. The average molecular weight is 447 g/mol. The molecule has 2 aliphatic rings. The molecule has 2 aromatic rings. The largest absolute Gasteiger partial charge is 0.485 e. The van der Waals surface area contributed by atoms with E-state index in [1.165, 1.54) is 17.7 Å². The van der Waals surface area contributed by atoms with Gasteiger partial charge in [0.25, 0.3) is 0 Å². The molecule has 1 fully saturated rings. The van der Waals surface area contributed by atoms with Crippen LogP contribution in [0.25, 0.3) is 0 Å². The van der Waals surface area contributed by atoms with Gasteiger partial charge in [-0.25, -0.2) is 13.6 Å². The molecule has 1 amide bonds. The first-order valence-electron chi connectivity index (χ1n) is 9.78. The van der Waals surface area contributed by atoms with Gasteiger partial charge >= 0.3 is 0 Å². The number of sulfonamides is 1. The Morgan fingerprint density at radius 2 is 1.90 bits per heavy atom. The molecule has 1 aliphatic carbocycles. The number of ether oxygens (including phenoxy) is 1. The SMILES string of the molecule is CC1=CCCC1Oc1cc([C@H]2CC(=O)N(c3ccc(S(N)(=O)=O)cc3)C2)ccc1Cl. The van der Waals surface area contributed by atoms with Gasteiger partial charge < -0.3 is 9.64 Å². The number of amides is 1. The molecule has 0 bridgehead atoms. The maximum Gasteiger partial charge on any atom is 0.238 e. The Balaban J connectivity index is 1.52. The number of halogens is 1. The van der Waals surface area contributed by atoms with Crippen LogP contribution in [0.1, 0.15) is 37.7 Å². The molecular weight excluding hydrogens is 424 g/mol. The number of nitrogens with two attached hydrogens (primary N) is 1. The molecule has 4 rings (SSSR count). The van der Waals surface area contributed by atoms with Crippen LogP contribution in [-0.4, -0.2) is 27.0 Å². The minimum absolute atomic E-state index is 0.00440. The monoisotopic (exact) mass is 446 g/mol. The molecule has 0 aromatic heterocycles. The van der Waals surface area contributed by atoms with Gasteiger partial charge in [0.15, 0.2) is 0 Å². The van der Waals surface area contributed by atoms with E-state index < -0.39 is 10.0 Å². The number of primary sulfonamides is 1. The van der Waals surface area contributed by atoms with Crippen LogP contribution in [0.2, 0.25) is 5.02 Å². The van der Waals surface area contributed by atoms with Crippen LogP contribution in [0.15, 0.2) is 59.0 Å². The number of nitrogens with zero attached hydrogens (tertiary/aromatic N) is 1. The first-order valence-corrected chi connectivity index (χ1v) is 11.7. The van der Waals surface area contributed by atoms with Crippen LogP contribution >= 0.6 is 11.6 Å². The Morgan fingerprint density at radius 1 is 1.17 bits per heavy atom. The molecule has 0 saturated carbocycles. The predicted octanol–water partition coefficient (Wildman–Crippen LogP) is 4.00. The average Bonchev–Trinajstić information content (AvgIpc) is 3.28. The first kappa shape index (κ1) is 20.9. The van der Waals surface area contributed by atoms with Crippen LogP contribution in [0, 0.1) is 0 Å². The highest BCUT2D eigenvalue weighted by Gasteiger charge is 2.32. The van der Waals surface area contributed by atoms with Gasteiger partial charge in [-0.2, -0.15) is 0 Å². The fourth-order valence-electron chi connectivity index (χ4n) is 3.99. The lowest BCUT2D eigenvalue weighted by Crippen LogP contribution is -2.24. The summed E-state index contributed by atoms with van der Waals surface area (Å²) in [7, 11) is -3.77. The smallest absolute Gasteiger partial charge is 0.238 e. The van der Waals surface area contributed by atoms with E-state index in [0.717, 1.165) is 18.4 Å². The Morgan fingerprint density at radius 3 is 2.53 bits per heavy atom. The van der Waals surface area contributed by atoms with Gasteiger partial charge in [0, 0.05) is 24.6 Å². The van der Waals surface area contributed by atoms with Crippen molar-refractivity contribution in [1.82, 2.24) is 0 Å². The fourth-order valence-corrected chi connectivity index (χ4v) is 4.66. The minimum atomic E-state index is -3.77. The molecule has 0 spiro atoms. The highest BCUT2D eigenvalue weighted by molar-refractivity contribution is 7.89. The summed E-state index contributed by atoms with van der Waals surface area (Å²) in [4.78, 5) is 14.3. The molecule has 2 atom stereocenters. The third-order valence-electron chi connectivity index (χ3n) is 5.70. The van der Waals surface area contributed by atoms with Crippen molar-refractivity contribution in [3.63, 3.8) is 0 Å². The lowest BCUT2D eigenvalue weighted by molar-refractivity contribution is -0.117. The van der Waals surface area contributed by atoms with Crippen molar-refractivity contribution in [1.29, 1.82) is 0 Å². The summed E-state index contributed by atoms with van der Waals surface area (Å²) < 4.78 is 29.0. The van der Waals surface area contributed by atoms with Crippen molar-refractivity contribution in [2.45, 2.75) is 43.1 Å². The number of anilines is 1. The Bertz CT molecular complexity index is 1110. The molecule has 2 N–H and O–H groups in total. The van der Waals surface area contributed by atoms with Crippen molar-refractivity contribution in [3.8, 4) is 5.75 Å². The number of carbonyl (C=O) groups is 1. The number of allylic oxidation sites excluding steroid dienone is 1. The Hall–Kier alpha value is -2.35. The van der Waals surface area contributed by atoms with E-state index in [2.05, 4.69) is 13.0 Å². The summed E-state index contributed by atoms with van der Waals surface area (Å²) >= 11 is 6.35. The second kappa shape index (κ2) is 8.06. The molecule has 2 aromatic carbocycles. The summed E-state index contributed by atoms with van der Waals surface area (Å²) in [6.45, 7) is 2.56. The second-order valence-corrected chi connectivity index (χ2v) is 9.73. The zero-order valence-electron chi connectivity index (χ0n) is 16.5. The third-order valence-corrected chi connectivity index (χ3v) is 6.94. The maximum atomic E-state index is 12.6. The van der Waals surface area contributed by atoms with Crippen molar-refractivity contribution < 1.29 is 17.9 Å². The third kappa shape index (κ3) is 4.24. The number of hydrogen-bond acceptors (Lipinski definition) is 4. The molecule has 0 radical (unpaired) electrons. The van der Waals surface area contributed by atoms with Crippen LogP contribution in [0.5, 0.6) is 5.75 Å². The topological polar surface area (TPSA) is 89.7 Å². The number of carbonyl (C=O) groups excluding carboxylic acids is 1. The van der Waals surface area contributed by atoms with Gasteiger partial charge in [-0.3, -0.25) is 4.79 Å². The van der Waals surface area contributed by atoms with Gasteiger partial charge in [-0.05, 0) is 67.3 Å². The van der Waals surface area contributed by atoms with Crippen molar-refractivity contribution in [2.75, 3.05) is 11.4 Å². The Labute approximate surface area is 181 Å². The molecule has 1 saturated heterocycles. The zero-order chi connectivity index (χ0) is 21.5. The highest BCUT2D eigenvalue weighted by atomic mass is 35.5. The van der Waals surface area contributed by atoms with E-state index in [1.807, 2.05) is 18.2 Å². The summed E-state index contributed by atoms with van der Waals surface area (Å²) in [5.41, 5.74) is 2.85. The maximum absolute atomic E-state index is 12.6. The molecule has 158 valence electrons. The lowest BCUT2D eigenvalue weighted by Gasteiger charge is -2.19. The van der Waals surface area contributed by atoms with Gasteiger partial charge in [0.1, 0.15) is 11.9 Å². The van der Waals surface area contributed by atoms with E-state index in [4.69, 9.17) is 21.5 Å². The number of rotatable bonds is 5. The summed E-state index contributed by atoms with van der Waals surface area (Å²) in [5, 5.41) is 5.70. The van der Waals surface area contributed by atoms with E-state index in [1.54, 1.807) is 17.0 Å². The quantitative estimate of drug-likeness (QED) is 0.703. The van der Waals surface area contributed by atoms with Crippen LogP contribution in [-0.2, 0) is 14.8 Å². The molecule has 1 aliphatic heterocycles. The predicted molar refractivity (Wildman–Crippen MR) is 116 cm³/mol. The van der Waals surface area contributed by atoms with Gasteiger partial charge in [0.2, 0.25) is 15.9 Å².